The Hall–Kier alpha value is -2.37. The third kappa shape index (κ3) is 3.13. The molecule has 3 rings (SSSR count). The van der Waals surface area contributed by atoms with Crippen molar-refractivity contribution in [3.63, 3.8) is 0 Å². The summed E-state index contributed by atoms with van der Waals surface area (Å²) >= 11 is 0. The van der Waals surface area contributed by atoms with Crippen molar-refractivity contribution < 1.29 is 14.4 Å². The van der Waals surface area contributed by atoms with Gasteiger partial charge in [0.05, 0.1) is 0 Å². The number of rotatable bonds is 3. The predicted molar refractivity (Wildman–Crippen MR) is 95.2 cm³/mol. The summed E-state index contributed by atoms with van der Waals surface area (Å²) in [5.41, 5.74) is 1.85. The van der Waals surface area contributed by atoms with Crippen LogP contribution in [0.2, 0.25) is 0 Å². The molecule has 0 bridgehead atoms. The molecule has 1 heterocycles. The first-order valence-electron chi connectivity index (χ1n) is 8.85. The van der Waals surface area contributed by atoms with Gasteiger partial charge in [-0.15, -0.1) is 0 Å². The molecule has 6 heteroatoms. The average molecular weight is 343 g/mol. The van der Waals surface area contributed by atoms with Gasteiger partial charge in [0, 0.05) is 5.69 Å². The van der Waals surface area contributed by atoms with E-state index in [0.717, 1.165) is 35.3 Å². The standard InChI is InChI=1S/C19H25N3O3/c1-12-7-8-13(2)15(10-12)20-16(23)11-22-17(24)19(21-18(22)25)9-5-4-6-14(19)3/h7-8,10,14H,4-6,9,11H2,1-3H3,(H,20,23)(H,21,25). The van der Waals surface area contributed by atoms with Gasteiger partial charge in [-0.25, -0.2) is 4.79 Å². The topological polar surface area (TPSA) is 78.5 Å². The SMILES string of the molecule is Cc1ccc(C)c(NC(=O)CN2C(=O)NC3(CCCCC3C)C2=O)c1. The van der Waals surface area contributed by atoms with Crippen molar-refractivity contribution in [2.24, 2.45) is 5.92 Å². The minimum atomic E-state index is -0.825. The number of carbonyl (C=O) groups is 3. The number of amides is 4. The Morgan fingerprint density at radius 1 is 1.32 bits per heavy atom. The maximum atomic E-state index is 12.9. The number of hydrogen-bond acceptors (Lipinski definition) is 3. The fraction of sp³-hybridized carbons (Fsp3) is 0.526. The summed E-state index contributed by atoms with van der Waals surface area (Å²) in [5.74, 6) is -0.539. The molecule has 2 aliphatic rings. The highest BCUT2D eigenvalue weighted by Gasteiger charge is 2.55. The van der Waals surface area contributed by atoms with Crippen molar-refractivity contribution in [2.75, 3.05) is 11.9 Å². The van der Waals surface area contributed by atoms with Gasteiger partial charge in [0.1, 0.15) is 12.1 Å². The van der Waals surface area contributed by atoms with Crippen LogP contribution in [-0.4, -0.2) is 34.8 Å². The van der Waals surface area contributed by atoms with Crippen molar-refractivity contribution in [1.29, 1.82) is 0 Å². The summed E-state index contributed by atoms with van der Waals surface area (Å²) in [6.07, 6.45) is 3.54. The van der Waals surface area contributed by atoms with E-state index in [2.05, 4.69) is 10.6 Å². The first-order valence-corrected chi connectivity index (χ1v) is 8.85. The lowest BCUT2D eigenvalue weighted by molar-refractivity contribution is -0.136. The molecule has 1 aliphatic carbocycles. The fourth-order valence-corrected chi connectivity index (χ4v) is 3.84. The number of anilines is 1. The Bertz CT molecular complexity index is 731. The third-order valence-electron chi connectivity index (χ3n) is 5.47. The number of nitrogens with zero attached hydrogens (tertiary/aromatic N) is 1. The molecule has 0 aromatic heterocycles. The molecule has 0 radical (unpaired) electrons. The Morgan fingerprint density at radius 3 is 2.80 bits per heavy atom. The quantitative estimate of drug-likeness (QED) is 0.828. The highest BCUT2D eigenvalue weighted by molar-refractivity contribution is 6.10. The summed E-state index contributed by atoms with van der Waals surface area (Å²) in [4.78, 5) is 38.7. The molecule has 2 fully saturated rings. The summed E-state index contributed by atoms with van der Waals surface area (Å²) in [5, 5.41) is 5.67. The Labute approximate surface area is 148 Å². The van der Waals surface area contributed by atoms with Crippen LogP contribution >= 0.6 is 0 Å². The molecule has 4 amide bonds. The van der Waals surface area contributed by atoms with Crippen LogP contribution < -0.4 is 10.6 Å². The Morgan fingerprint density at radius 2 is 2.08 bits per heavy atom. The second-order valence-corrected chi connectivity index (χ2v) is 7.31. The lowest BCUT2D eigenvalue weighted by Gasteiger charge is -2.36. The lowest BCUT2D eigenvalue weighted by Crippen LogP contribution is -2.54. The molecular formula is C19H25N3O3. The molecular weight excluding hydrogens is 318 g/mol. The van der Waals surface area contributed by atoms with E-state index >= 15 is 0 Å². The van der Waals surface area contributed by atoms with E-state index in [4.69, 9.17) is 0 Å². The number of urea groups is 1. The maximum Gasteiger partial charge on any atom is 0.325 e. The van der Waals surface area contributed by atoms with Crippen molar-refractivity contribution in [2.45, 2.75) is 52.0 Å². The van der Waals surface area contributed by atoms with Crippen LogP contribution in [0.4, 0.5) is 10.5 Å². The molecule has 25 heavy (non-hydrogen) atoms. The molecule has 1 spiro atoms. The zero-order valence-corrected chi connectivity index (χ0v) is 15.0. The van der Waals surface area contributed by atoms with E-state index < -0.39 is 11.6 Å². The molecule has 2 N–H and O–H groups in total. The molecule has 1 saturated heterocycles. The van der Waals surface area contributed by atoms with Gasteiger partial charge in [0.25, 0.3) is 5.91 Å². The van der Waals surface area contributed by atoms with Crippen LogP contribution in [0.25, 0.3) is 0 Å². The molecule has 1 aliphatic heterocycles. The molecule has 2 unspecified atom stereocenters. The van der Waals surface area contributed by atoms with E-state index in [0.29, 0.717) is 12.1 Å². The number of hydrogen-bond donors (Lipinski definition) is 2. The van der Waals surface area contributed by atoms with E-state index in [-0.39, 0.29) is 24.3 Å². The number of carbonyl (C=O) groups excluding carboxylic acids is 3. The second kappa shape index (κ2) is 6.50. The Balaban J connectivity index is 1.72. The smallest absolute Gasteiger partial charge is 0.324 e. The van der Waals surface area contributed by atoms with Gasteiger partial charge in [0.2, 0.25) is 5.91 Å². The van der Waals surface area contributed by atoms with Crippen molar-refractivity contribution >= 4 is 23.5 Å². The largest absolute Gasteiger partial charge is 0.325 e. The lowest BCUT2D eigenvalue weighted by atomic mass is 9.73. The first-order chi connectivity index (χ1) is 11.8. The van der Waals surface area contributed by atoms with Gasteiger partial charge >= 0.3 is 6.03 Å². The van der Waals surface area contributed by atoms with Crippen molar-refractivity contribution in [1.82, 2.24) is 10.2 Å². The van der Waals surface area contributed by atoms with Crippen LogP contribution in [0.5, 0.6) is 0 Å². The number of aryl methyl sites for hydroxylation is 2. The Kier molecular flexibility index (Phi) is 4.54. The second-order valence-electron chi connectivity index (χ2n) is 7.31. The molecule has 1 aromatic carbocycles. The van der Waals surface area contributed by atoms with E-state index in [1.54, 1.807) is 0 Å². The van der Waals surface area contributed by atoms with Crippen LogP contribution in [-0.2, 0) is 9.59 Å². The minimum Gasteiger partial charge on any atom is -0.324 e. The highest BCUT2D eigenvalue weighted by atomic mass is 16.2. The molecule has 6 nitrogen and oxygen atoms in total. The molecule has 1 aromatic rings. The number of benzene rings is 1. The molecule has 1 saturated carbocycles. The average Bonchev–Trinajstić information content (AvgIpc) is 2.79. The van der Waals surface area contributed by atoms with Gasteiger partial charge in [-0.05, 0) is 49.8 Å². The van der Waals surface area contributed by atoms with E-state index in [1.807, 2.05) is 39.0 Å². The molecule has 134 valence electrons. The number of imide groups is 1. The molecule has 2 atom stereocenters. The zero-order valence-electron chi connectivity index (χ0n) is 15.0. The third-order valence-corrected chi connectivity index (χ3v) is 5.47. The summed E-state index contributed by atoms with van der Waals surface area (Å²) < 4.78 is 0. The van der Waals surface area contributed by atoms with Crippen molar-refractivity contribution in [3.8, 4) is 0 Å². The number of nitrogens with one attached hydrogen (secondary N) is 2. The summed E-state index contributed by atoms with van der Waals surface area (Å²) in [6.45, 7) is 5.59. The first kappa shape index (κ1) is 17.5. The van der Waals surface area contributed by atoms with Crippen LogP contribution in [0.3, 0.4) is 0 Å². The van der Waals surface area contributed by atoms with E-state index in [1.165, 1.54) is 0 Å². The van der Waals surface area contributed by atoms with Crippen LogP contribution in [0, 0.1) is 19.8 Å². The highest BCUT2D eigenvalue weighted by Crippen LogP contribution is 2.38. The van der Waals surface area contributed by atoms with Crippen LogP contribution in [0.1, 0.15) is 43.7 Å². The van der Waals surface area contributed by atoms with Gasteiger partial charge in [-0.2, -0.15) is 0 Å². The van der Waals surface area contributed by atoms with Crippen molar-refractivity contribution in [3.05, 3.63) is 29.3 Å². The van der Waals surface area contributed by atoms with Gasteiger partial charge in [-0.1, -0.05) is 31.9 Å². The summed E-state index contributed by atoms with van der Waals surface area (Å²) in [6, 6.07) is 5.31. The maximum absolute atomic E-state index is 12.9. The fourth-order valence-electron chi connectivity index (χ4n) is 3.84. The van der Waals surface area contributed by atoms with Gasteiger partial charge < -0.3 is 10.6 Å². The normalized spacial score (nSPS) is 26.0. The summed E-state index contributed by atoms with van der Waals surface area (Å²) in [7, 11) is 0. The van der Waals surface area contributed by atoms with E-state index in [9.17, 15) is 14.4 Å². The predicted octanol–water partition coefficient (Wildman–Crippen LogP) is 2.74. The van der Waals surface area contributed by atoms with Gasteiger partial charge in [0.15, 0.2) is 0 Å². The monoisotopic (exact) mass is 343 g/mol. The van der Waals surface area contributed by atoms with Gasteiger partial charge in [-0.3, -0.25) is 14.5 Å². The minimum absolute atomic E-state index is 0.0878. The van der Waals surface area contributed by atoms with Crippen LogP contribution in [0.15, 0.2) is 18.2 Å². The zero-order chi connectivity index (χ0) is 18.2.